The van der Waals surface area contributed by atoms with Crippen LogP contribution in [0.4, 0.5) is 5.69 Å². The number of carbonyl (C=O) groups is 1. The summed E-state index contributed by atoms with van der Waals surface area (Å²) in [6.45, 7) is 0.625. The number of halogens is 1. The summed E-state index contributed by atoms with van der Waals surface area (Å²) < 4.78 is 1.68. The van der Waals surface area contributed by atoms with Gasteiger partial charge in [0.05, 0.1) is 11.4 Å². The lowest BCUT2D eigenvalue weighted by molar-refractivity contribution is 0.0984. The molecule has 2 aromatic heterocycles. The number of fused-ring (bicyclic) bond motifs is 1. The number of amides is 1. The van der Waals surface area contributed by atoms with E-state index in [0.29, 0.717) is 33.9 Å². The largest absolute Gasteiger partial charge is 0.306 e. The lowest BCUT2D eigenvalue weighted by Crippen LogP contribution is -2.30. The van der Waals surface area contributed by atoms with Crippen molar-refractivity contribution in [2.45, 2.75) is 17.3 Å². The first-order chi connectivity index (χ1) is 15.2. The second-order valence-electron chi connectivity index (χ2n) is 6.93. The Morgan fingerprint density at radius 1 is 1.03 bits per heavy atom. The van der Waals surface area contributed by atoms with Crippen LogP contribution in [-0.4, -0.2) is 37.4 Å². The predicted molar refractivity (Wildman–Crippen MR) is 120 cm³/mol. The van der Waals surface area contributed by atoms with E-state index in [1.165, 1.54) is 11.8 Å². The Balaban J connectivity index is 1.52. The first kappa shape index (κ1) is 19.7. The number of nitrogens with zero attached hydrogens (tertiary/aromatic N) is 6. The number of benzene rings is 2. The van der Waals surface area contributed by atoms with Crippen LogP contribution in [0.1, 0.15) is 21.7 Å². The molecule has 0 spiro atoms. The van der Waals surface area contributed by atoms with E-state index in [0.717, 1.165) is 23.4 Å². The van der Waals surface area contributed by atoms with Crippen LogP contribution in [0.25, 0.3) is 5.69 Å². The Morgan fingerprint density at radius 2 is 1.81 bits per heavy atom. The Hall–Kier alpha value is -3.23. The van der Waals surface area contributed by atoms with Crippen LogP contribution in [0.5, 0.6) is 0 Å². The first-order valence-corrected chi connectivity index (χ1v) is 11.1. The van der Waals surface area contributed by atoms with Gasteiger partial charge in [0.2, 0.25) is 0 Å². The van der Waals surface area contributed by atoms with Crippen LogP contribution >= 0.6 is 23.4 Å². The zero-order valence-electron chi connectivity index (χ0n) is 16.3. The molecule has 1 aliphatic rings. The van der Waals surface area contributed by atoms with Gasteiger partial charge in [0.15, 0.2) is 10.9 Å². The van der Waals surface area contributed by atoms with Crippen LogP contribution < -0.4 is 4.90 Å². The van der Waals surface area contributed by atoms with Gasteiger partial charge in [0, 0.05) is 35.4 Å². The molecule has 0 N–H and O–H groups in total. The Labute approximate surface area is 188 Å². The maximum Gasteiger partial charge on any atom is 0.280 e. The molecular weight excluding hydrogens is 432 g/mol. The van der Waals surface area contributed by atoms with Gasteiger partial charge in [0.1, 0.15) is 0 Å². The van der Waals surface area contributed by atoms with Gasteiger partial charge in [0.25, 0.3) is 5.91 Å². The topological polar surface area (TPSA) is 76.8 Å². The minimum Gasteiger partial charge on any atom is -0.306 e. The highest BCUT2D eigenvalue weighted by molar-refractivity contribution is 7.98. The van der Waals surface area contributed by atoms with Crippen LogP contribution in [0.3, 0.4) is 0 Å². The third kappa shape index (κ3) is 3.92. The van der Waals surface area contributed by atoms with Crippen molar-refractivity contribution in [1.29, 1.82) is 0 Å². The Kier molecular flexibility index (Phi) is 5.40. The van der Waals surface area contributed by atoms with E-state index in [1.807, 2.05) is 30.3 Å². The normalized spacial score (nSPS) is 12.7. The summed E-state index contributed by atoms with van der Waals surface area (Å²) in [6.07, 6.45) is 4.21. The summed E-state index contributed by atoms with van der Waals surface area (Å²) in [5, 5.41) is 9.83. The third-order valence-electron chi connectivity index (χ3n) is 5.05. The SMILES string of the molecule is O=C(c1nnn(-c2ccc(Cl)cc2)c1CSc1ncccn1)N1CCc2ccccc21. The van der Waals surface area contributed by atoms with Crippen molar-refractivity contribution < 1.29 is 4.79 Å². The zero-order chi connectivity index (χ0) is 21.2. The van der Waals surface area contributed by atoms with Gasteiger partial charge in [-0.25, -0.2) is 14.6 Å². The molecule has 1 amide bonds. The van der Waals surface area contributed by atoms with Crippen LogP contribution in [-0.2, 0) is 12.2 Å². The smallest absolute Gasteiger partial charge is 0.280 e. The van der Waals surface area contributed by atoms with Crippen molar-refractivity contribution >= 4 is 35.0 Å². The standard InChI is InChI=1S/C22H17ClN6OS/c23-16-6-8-17(9-7-16)29-19(14-31-22-24-11-3-12-25-22)20(26-27-29)21(30)28-13-10-15-4-1-2-5-18(15)28/h1-9,11-12H,10,13-14H2. The number of anilines is 1. The van der Waals surface area contributed by atoms with E-state index in [4.69, 9.17) is 11.6 Å². The number of para-hydroxylation sites is 1. The summed E-state index contributed by atoms with van der Waals surface area (Å²) >= 11 is 7.47. The van der Waals surface area contributed by atoms with Crippen molar-refractivity contribution in [3.63, 3.8) is 0 Å². The second-order valence-corrected chi connectivity index (χ2v) is 8.31. The lowest BCUT2D eigenvalue weighted by Gasteiger charge is -2.16. The molecule has 5 rings (SSSR count). The molecule has 4 aromatic rings. The highest BCUT2D eigenvalue weighted by Gasteiger charge is 2.30. The number of carbonyl (C=O) groups excluding carboxylic acids is 1. The molecule has 0 saturated heterocycles. The van der Waals surface area contributed by atoms with Gasteiger partial charge >= 0.3 is 0 Å². The number of thioether (sulfide) groups is 1. The van der Waals surface area contributed by atoms with Gasteiger partial charge in [-0.3, -0.25) is 4.79 Å². The van der Waals surface area contributed by atoms with Gasteiger partial charge in [-0.15, -0.1) is 5.10 Å². The molecule has 0 saturated carbocycles. The molecule has 0 unspecified atom stereocenters. The van der Waals surface area contributed by atoms with E-state index in [-0.39, 0.29) is 5.91 Å². The lowest BCUT2D eigenvalue weighted by atomic mass is 10.2. The summed E-state index contributed by atoms with van der Waals surface area (Å²) in [6, 6.07) is 17.0. The predicted octanol–water partition coefficient (Wildman–Crippen LogP) is 4.21. The van der Waals surface area contributed by atoms with E-state index < -0.39 is 0 Å². The number of aromatic nitrogens is 5. The third-order valence-corrected chi connectivity index (χ3v) is 6.19. The van der Waals surface area contributed by atoms with Crippen molar-refractivity contribution in [3.05, 3.63) is 89.0 Å². The molecule has 0 atom stereocenters. The fourth-order valence-electron chi connectivity index (χ4n) is 3.56. The number of rotatable bonds is 5. The Morgan fingerprint density at radius 3 is 2.61 bits per heavy atom. The van der Waals surface area contributed by atoms with Gasteiger partial charge < -0.3 is 4.90 Å². The molecule has 1 aliphatic heterocycles. The molecule has 0 aliphatic carbocycles. The van der Waals surface area contributed by atoms with Crippen LogP contribution in [0.2, 0.25) is 5.02 Å². The molecule has 3 heterocycles. The van der Waals surface area contributed by atoms with Crippen molar-refractivity contribution in [2.24, 2.45) is 0 Å². The highest BCUT2D eigenvalue weighted by atomic mass is 35.5. The molecule has 0 bridgehead atoms. The Bertz CT molecular complexity index is 1230. The molecule has 0 radical (unpaired) electrons. The molecule has 31 heavy (non-hydrogen) atoms. The average molecular weight is 449 g/mol. The van der Waals surface area contributed by atoms with E-state index in [1.54, 1.807) is 40.2 Å². The van der Waals surface area contributed by atoms with Crippen molar-refractivity contribution in [2.75, 3.05) is 11.4 Å². The molecule has 154 valence electrons. The summed E-state index contributed by atoms with van der Waals surface area (Å²) in [5.41, 5.74) is 3.89. The maximum atomic E-state index is 13.5. The van der Waals surface area contributed by atoms with Gasteiger partial charge in [-0.05, 0) is 48.4 Å². The minimum absolute atomic E-state index is 0.158. The molecule has 9 heteroatoms. The zero-order valence-corrected chi connectivity index (χ0v) is 17.9. The molecule has 0 fully saturated rings. The number of hydrogen-bond acceptors (Lipinski definition) is 6. The molecule has 2 aromatic carbocycles. The first-order valence-electron chi connectivity index (χ1n) is 9.71. The van der Waals surface area contributed by atoms with Gasteiger partial charge in [-0.1, -0.05) is 46.8 Å². The van der Waals surface area contributed by atoms with Crippen molar-refractivity contribution in [1.82, 2.24) is 25.0 Å². The van der Waals surface area contributed by atoms with Crippen LogP contribution in [0, 0.1) is 0 Å². The highest BCUT2D eigenvalue weighted by Crippen LogP contribution is 2.30. The monoisotopic (exact) mass is 448 g/mol. The van der Waals surface area contributed by atoms with E-state index in [9.17, 15) is 4.79 Å². The van der Waals surface area contributed by atoms with Crippen LogP contribution in [0.15, 0.2) is 72.1 Å². The number of hydrogen-bond donors (Lipinski definition) is 0. The van der Waals surface area contributed by atoms with Crippen molar-refractivity contribution in [3.8, 4) is 5.69 Å². The summed E-state index contributed by atoms with van der Waals surface area (Å²) in [5.74, 6) is 0.283. The van der Waals surface area contributed by atoms with E-state index in [2.05, 4.69) is 26.3 Å². The molecule has 7 nitrogen and oxygen atoms in total. The summed E-state index contributed by atoms with van der Waals surface area (Å²) in [4.78, 5) is 23.8. The maximum absolute atomic E-state index is 13.5. The quantitative estimate of drug-likeness (QED) is 0.336. The summed E-state index contributed by atoms with van der Waals surface area (Å²) in [7, 11) is 0. The minimum atomic E-state index is -0.158. The average Bonchev–Trinajstić information content (AvgIpc) is 3.43. The second kappa shape index (κ2) is 8.49. The van der Waals surface area contributed by atoms with Gasteiger partial charge in [-0.2, -0.15) is 0 Å². The fraction of sp³-hybridized carbons (Fsp3) is 0.136. The van der Waals surface area contributed by atoms with E-state index >= 15 is 0 Å². The fourth-order valence-corrected chi connectivity index (χ4v) is 4.48. The molecular formula is C22H17ClN6OS.